The lowest BCUT2D eigenvalue weighted by molar-refractivity contribution is -0.199. The van der Waals surface area contributed by atoms with Crippen LogP contribution in [-0.4, -0.2) is 17.9 Å². The summed E-state index contributed by atoms with van der Waals surface area (Å²) < 4.78 is 42.8. The quantitative estimate of drug-likeness (QED) is 0.514. The molecule has 0 spiro atoms. The van der Waals surface area contributed by atoms with Gasteiger partial charge in [0.15, 0.2) is 11.3 Å². The topological polar surface area (TPSA) is 46.2 Å². The van der Waals surface area contributed by atoms with Gasteiger partial charge >= 0.3 is 6.18 Å². The van der Waals surface area contributed by atoms with Crippen LogP contribution in [0, 0.1) is 34.5 Å². The molecule has 6 heteroatoms. The molecule has 7 atom stereocenters. The molecule has 0 saturated heterocycles. The van der Waals surface area contributed by atoms with Gasteiger partial charge in [0.05, 0.1) is 0 Å². The van der Waals surface area contributed by atoms with Crippen molar-refractivity contribution in [2.24, 2.45) is 34.5 Å². The summed E-state index contributed by atoms with van der Waals surface area (Å²) in [6.45, 7) is 5.54. The van der Waals surface area contributed by atoms with Crippen molar-refractivity contribution in [3.8, 4) is 0 Å². The van der Waals surface area contributed by atoms with Crippen molar-refractivity contribution in [1.82, 2.24) is 5.32 Å². The largest absolute Gasteiger partial charge is 0.415 e. The highest BCUT2D eigenvalue weighted by Crippen LogP contribution is 2.66. The Hall–Kier alpha value is -2.11. The number of carbonyl (C=O) groups excluding carboxylic acids is 2. The SMILES string of the molecule is CC(NC(=O)[C@H]1CCC2C3CCC4=CC(=O)CC[C@]4(C)C3CC[C@@]21C)(c1ccccc1)C(F)(F)F. The lowest BCUT2D eigenvalue weighted by Gasteiger charge is -2.58. The molecule has 3 fully saturated rings. The van der Waals surface area contributed by atoms with Crippen LogP contribution in [0.4, 0.5) is 13.2 Å². The second-order valence-corrected chi connectivity index (χ2v) is 12.1. The number of rotatable bonds is 3. The van der Waals surface area contributed by atoms with Crippen molar-refractivity contribution in [3.05, 3.63) is 47.5 Å². The van der Waals surface area contributed by atoms with Gasteiger partial charge in [-0.05, 0) is 92.1 Å². The third-order valence-corrected chi connectivity index (χ3v) is 10.6. The van der Waals surface area contributed by atoms with E-state index in [9.17, 15) is 22.8 Å². The highest BCUT2D eigenvalue weighted by atomic mass is 19.4. The van der Waals surface area contributed by atoms with Crippen LogP contribution < -0.4 is 5.32 Å². The Morgan fingerprint density at radius 1 is 0.971 bits per heavy atom. The van der Waals surface area contributed by atoms with Gasteiger partial charge in [-0.2, -0.15) is 13.2 Å². The number of carbonyl (C=O) groups is 2. The van der Waals surface area contributed by atoms with Crippen LogP contribution in [0.3, 0.4) is 0 Å². The number of fused-ring (bicyclic) bond motifs is 5. The fourth-order valence-corrected chi connectivity index (χ4v) is 8.40. The normalized spacial score (nSPS) is 38.5. The summed E-state index contributed by atoms with van der Waals surface area (Å²) in [6.07, 6.45) is 4.05. The number of amides is 1. The number of hydrogen-bond donors (Lipinski definition) is 1. The smallest absolute Gasteiger partial charge is 0.338 e. The van der Waals surface area contributed by atoms with Gasteiger partial charge in [-0.25, -0.2) is 0 Å². The molecular weight excluding hydrogens is 451 g/mol. The second-order valence-electron chi connectivity index (χ2n) is 12.1. The van der Waals surface area contributed by atoms with Gasteiger partial charge in [0, 0.05) is 12.3 Å². The van der Waals surface area contributed by atoms with Gasteiger partial charge in [0.1, 0.15) is 0 Å². The average molecular weight is 488 g/mol. The predicted octanol–water partition coefficient (Wildman–Crippen LogP) is 6.73. The van der Waals surface area contributed by atoms with E-state index in [1.165, 1.54) is 17.7 Å². The van der Waals surface area contributed by atoms with Crippen LogP contribution in [0.25, 0.3) is 0 Å². The van der Waals surface area contributed by atoms with Gasteiger partial charge < -0.3 is 5.32 Å². The summed E-state index contributed by atoms with van der Waals surface area (Å²) in [4.78, 5) is 25.6. The summed E-state index contributed by atoms with van der Waals surface area (Å²) in [5.41, 5.74) is -1.33. The average Bonchev–Trinajstić information content (AvgIpc) is 3.16. The standard InChI is InChI=1S/C29H36F3NO2/c1-26-15-13-20(34)17-19(26)9-10-21-22-11-12-24(27(22,2)16-14-23(21)26)25(35)33-28(3,29(30,31)32)18-7-5-4-6-8-18/h4-8,17,21-24H,9-16H2,1-3H3,(H,33,35)/t21?,22?,23?,24-,26+,27+,28?/m1/s1. The first-order valence-corrected chi connectivity index (χ1v) is 13.1. The van der Waals surface area contributed by atoms with Crippen molar-refractivity contribution in [2.75, 3.05) is 0 Å². The molecule has 1 aromatic rings. The van der Waals surface area contributed by atoms with Crippen LogP contribution >= 0.6 is 0 Å². The van der Waals surface area contributed by atoms with Crippen LogP contribution in [-0.2, 0) is 15.1 Å². The number of allylic oxidation sites excluding steroid dienone is 1. The molecule has 35 heavy (non-hydrogen) atoms. The Bertz CT molecular complexity index is 1050. The van der Waals surface area contributed by atoms with Gasteiger partial charge in [0.25, 0.3) is 0 Å². The fraction of sp³-hybridized carbons (Fsp3) is 0.655. The molecule has 190 valence electrons. The first-order chi connectivity index (χ1) is 16.4. The van der Waals surface area contributed by atoms with E-state index in [2.05, 4.69) is 19.2 Å². The van der Waals surface area contributed by atoms with Gasteiger partial charge in [-0.1, -0.05) is 49.8 Å². The number of nitrogens with one attached hydrogen (secondary N) is 1. The van der Waals surface area contributed by atoms with E-state index in [0.29, 0.717) is 30.6 Å². The number of hydrogen-bond acceptors (Lipinski definition) is 2. The molecule has 4 unspecified atom stereocenters. The van der Waals surface area contributed by atoms with Gasteiger partial charge in [-0.15, -0.1) is 0 Å². The fourth-order valence-electron chi connectivity index (χ4n) is 8.40. The van der Waals surface area contributed by atoms with Crippen LogP contribution in [0.1, 0.15) is 77.7 Å². The molecular formula is C29H36F3NO2. The summed E-state index contributed by atoms with van der Waals surface area (Å²) >= 11 is 0. The van der Waals surface area contributed by atoms with Crippen LogP contribution in [0.15, 0.2) is 42.0 Å². The molecule has 5 rings (SSSR count). The number of ketones is 1. The molecule has 1 aromatic carbocycles. The maximum absolute atomic E-state index is 14.3. The van der Waals surface area contributed by atoms with Crippen LogP contribution in [0.5, 0.6) is 0 Å². The van der Waals surface area contributed by atoms with Crippen molar-refractivity contribution in [1.29, 1.82) is 0 Å². The zero-order chi connectivity index (χ0) is 25.2. The zero-order valence-electron chi connectivity index (χ0n) is 20.9. The minimum absolute atomic E-state index is 0.0423. The zero-order valence-corrected chi connectivity index (χ0v) is 20.9. The lowest BCUT2D eigenvalue weighted by Crippen LogP contribution is -2.57. The van der Waals surface area contributed by atoms with Gasteiger partial charge in [0.2, 0.25) is 5.91 Å². The monoisotopic (exact) mass is 487 g/mol. The molecule has 0 bridgehead atoms. The molecule has 0 heterocycles. The summed E-state index contributed by atoms with van der Waals surface area (Å²) in [6, 6.07) is 7.69. The molecule has 0 radical (unpaired) electrons. The third kappa shape index (κ3) is 3.69. The van der Waals surface area contributed by atoms with Crippen molar-refractivity contribution >= 4 is 11.7 Å². The van der Waals surface area contributed by atoms with E-state index in [4.69, 9.17) is 0 Å². The van der Waals surface area contributed by atoms with Crippen molar-refractivity contribution in [2.45, 2.75) is 83.9 Å². The first-order valence-electron chi connectivity index (χ1n) is 13.1. The number of alkyl halides is 3. The van der Waals surface area contributed by atoms with E-state index in [-0.39, 0.29) is 22.2 Å². The Balaban J connectivity index is 1.39. The Labute approximate surface area is 205 Å². The first kappa shape index (κ1) is 24.6. The Kier molecular flexibility index (Phi) is 5.76. The van der Waals surface area contributed by atoms with Crippen molar-refractivity contribution in [3.63, 3.8) is 0 Å². The maximum Gasteiger partial charge on any atom is 0.415 e. The third-order valence-electron chi connectivity index (χ3n) is 10.6. The number of halogens is 3. The van der Waals surface area contributed by atoms with Crippen molar-refractivity contribution < 1.29 is 22.8 Å². The Morgan fingerprint density at radius 2 is 1.69 bits per heavy atom. The molecule has 3 nitrogen and oxygen atoms in total. The maximum atomic E-state index is 14.3. The molecule has 4 aliphatic rings. The molecule has 1 amide bonds. The highest BCUT2D eigenvalue weighted by molar-refractivity contribution is 5.91. The Morgan fingerprint density at radius 3 is 2.37 bits per heavy atom. The highest BCUT2D eigenvalue weighted by Gasteiger charge is 2.61. The molecule has 0 aliphatic heterocycles. The summed E-state index contributed by atoms with van der Waals surface area (Å²) in [7, 11) is 0. The van der Waals surface area contributed by atoms with E-state index in [0.717, 1.165) is 45.4 Å². The second kappa shape index (κ2) is 8.21. The predicted molar refractivity (Wildman–Crippen MR) is 128 cm³/mol. The number of benzene rings is 1. The molecule has 3 saturated carbocycles. The van der Waals surface area contributed by atoms with E-state index < -0.39 is 23.5 Å². The minimum Gasteiger partial charge on any atom is -0.338 e. The minimum atomic E-state index is -4.61. The van der Waals surface area contributed by atoms with E-state index >= 15 is 0 Å². The van der Waals surface area contributed by atoms with Gasteiger partial charge in [-0.3, -0.25) is 9.59 Å². The summed E-state index contributed by atoms with van der Waals surface area (Å²) in [5, 5.41) is 2.47. The van der Waals surface area contributed by atoms with E-state index in [1.54, 1.807) is 18.2 Å². The molecule has 1 N–H and O–H groups in total. The lowest BCUT2D eigenvalue weighted by atomic mass is 9.47. The molecule has 0 aromatic heterocycles. The summed E-state index contributed by atoms with van der Waals surface area (Å²) in [5.74, 6) is 0.631. The van der Waals surface area contributed by atoms with E-state index in [1.807, 2.05) is 6.08 Å². The van der Waals surface area contributed by atoms with Crippen LogP contribution in [0.2, 0.25) is 0 Å². The molecule has 4 aliphatic carbocycles.